The molecule has 3 saturated carbocycles. The van der Waals surface area contributed by atoms with E-state index in [0.717, 1.165) is 38.5 Å². The van der Waals surface area contributed by atoms with Gasteiger partial charge in [0.25, 0.3) is 0 Å². The van der Waals surface area contributed by atoms with Crippen molar-refractivity contribution in [2.75, 3.05) is 12.3 Å². The van der Waals surface area contributed by atoms with Gasteiger partial charge in [-0.3, -0.25) is 4.79 Å². The van der Waals surface area contributed by atoms with Gasteiger partial charge in [0.2, 0.25) is 10.0 Å². The molecule has 4 nitrogen and oxygen atoms in total. The maximum atomic E-state index is 13.5. The average molecular weight is 368 g/mol. The normalized spacial score (nSPS) is 44.0. The van der Waals surface area contributed by atoms with Crippen LogP contribution in [0.3, 0.4) is 0 Å². The third kappa shape index (κ3) is 2.48. The van der Waals surface area contributed by atoms with Crippen molar-refractivity contribution in [2.45, 2.75) is 78.2 Å². The van der Waals surface area contributed by atoms with Gasteiger partial charge >= 0.3 is 0 Å². The van der Waals surface area contributed by atoms with Crippen LogP contribution in [0.1, 0.15) is 72.1 Å². The summed E-state index contributed by atoms with van der Waals surface area (Å²) in [5, 5.41) is 0. The van der Waals surface area contributed by atoms with Crippen LogP contribution >= 0.6 is 0 Å². The molecule has 1 saturated heterocycles. The van der Waals surface area contributed by atoms with Crippen molar-refractivity contribution in [1.29, 1.82) is 0 Å². The van der Waals surface area contributed by atoms with E-state index in [1.165, 1.54) is 6.42 Å². The summed E-state index contributed by atoms with van der Waals surface area (Å²) in [4.78, 5) is 12.8. The van der Waals surface area contributed by atoms with E-state index in [0.29, 0.717) is 30.7 Å². The van der Waals surface area contributed by atoms with Crippen LogP contribution in [-0.4, -0.2) is 36.8 Å². The zero-order valence-corrected chi connectivity index (χ0v) is 16.8. The van der Waals surface area contributed by atoms with Crippen LogP contribution in [0.2, 0.25) is 0 Å². The molecular weight excluding hydrogens is 334 g/mol. The average Bonchev–Trinajstić information content (AvgIpc) is 2.89. The zero-order valence-electron chi connectivity index (χ0n) is 16.0. The summed E-state index contributed by atoms with van der Waals surface area (Å²) < 4.78 is 28.8. The lowest BCUT2D eigenvalue weighted by Gasteiger charge is -2.47. The summed E-state index contributed by atoms with van der Waals surface area (Å²) in [6.45, 7) is 7.20. The van der Waals surface area contributed by atoms with E-state index < -0.39 is 15.4 Å². The zero-order chi connectivity index (χ0) is 18.0. The number of piperidine rings is 1. The fourth-order valence-electron chi connectivity index (χ4n) is 6.72. The molecule has 1 heterocycles. The standard InChI is InChI=1S/C20H33NO3S/c1-14-9-11-21(17-7-5-4-6-16(14)17)25(23,24)13-20-10-8-15(12-18(20)22)19(20,2)3/h14-17H,4-13H2,1-3H3/t14-,15+,16-,17-,20+/m1/s1. The summed E-state index contributed by atoms with van der Waals surface area (Å²) >= 11 is 0. The molecule has 0 radical (unpaired) electrons. The van der Waals surface area contributed by atoms with Crippen LogP contribution in [0, 0.1) is 28.6 Å². The molecule has 2 bridgehead atoms. The Morgan fingerprint density at radius 2 is 1.84 bits per heavy atom. The van der Waals surface area contributed by atoms with Crippen molar-refractivity contribution in [3.05, 3.63) is 0 Å². The van der Waals surface area contributed by atoms with Gasteiger partial charge in [0.1, 0.15) is 5.78 Å². The molecule has 0 unspecified atom stereocenters. The number of ketones is 1. The van der Waals surface area contributed by atoms with E-state index in [4.69, 9.17) is 0 Å². The monoisotopic (exact) mass is 367 g/mol. The largest absolute Gasteiger partial charge is 0.299 e. The number of hydrogen-bond donors (Lipinski definition) is 0. The molecule has 3 aliphatic carbocycles. The Bertz CT molecular complexity index is 670. The van der Waals surface area contributed by atoms with Gasteiger partial charge < -0.3 is 0 Å². The second-order valence-corrected chi connectivity index (χ2v) is 11.7. The fraction of sp³-hybridized carbons (Fsp3) is 0.950. The number of nitrogens with zero attached hydrogens (tertiary/aromatic N) is 1. The quantitative estimate of drug-likeness (QED) is 0.766. The topological polar surface area (TPSA) is 54.5 Å². The van der Waals surface area contributed by atoms with Gasteiger partial charge in [-0.1, -0.05) is 33.6 Å². The lowest BCUT2D eigenvalue weighted by molar-refractivity contribution is -0.128. The molecule has 25 heavy (non-hydrogen) atoms. The molecule has 0 aromatic heterocycles. The number of sulfonamides is 1. The van der Waals surface area contributed by atoms with Crippen molar-refractivity contribution < 1.29 is 13.2 Å². The van der Waals surface area contributed by atoms with Crippen LogP contribution in [-0.2, 0) is 14.8 Å². The summed E-state index contributed by atoms with van der Waals surface area (Å²) in [6.07, 6.45) is 7.86. The number of hydrogen-bond acceptors (Lipinski definition) is 3. The summed E-state index contributed by atoms with van der Waals surface area (Å²) in [5.41, 5.74) is -0.810. The van der Waals surface area contributed by atoms with Crippen LogP contribution in [0.5, 0.6) is 0 Å². The van der Waals surface area contributed by atoms with Crippen LogP contribution < -0.4 is 0 Å². The molecule has 0 N–H and O–H groups in total. The first-order valence-corrected chi connectivity index (χ1v) is 11.8. The Labute approximate surface area is 152 Å². The number of rotatable bonds is 3. The third-order valence-electron chi connectivity index (χ3n) is 8.61. The number of carbonyl (C=O) groups is 1. The Kier molecular flexibility index (Phi) is 4.16. The lowest BCUT2D eigenvalue weighted by Crippen LogP contribution is -2.55. The van der Waals surface area contributed by atoms with Gasteiger partial charge in [-0.05, 0) is 55.3 Å². The number of Topliss-reactive ketones (excluding diaryl/α,β-unsaturated/α-hetero) is 1. The summed E-state index contributed by atoms with van der Waals surface area (Å²) in [6, 6.07) is 0.177. The van der Waals surface area contributed by atoms with E-state index in [1.807, 2.05) is 4.31 Å². The van der Waals surface area contributed by atoms with Gasteiger partial charge in [-0.15, -0.1) is 0 Å². The van der Waals surface area contributed by atoms with Gasteiger partial charge in [-0.2, -0.15) is 4.31 Å². The predicted molar refractivity (Wildman–Crippen MR) is 98.6 cm³/mol. The number of carbonyl (C=O) groups excluding carboxylic acids is 1. The first kappa shape index (κ1) is 18.0. The molecule has 1 aliphatic heterocycles. The van der Waals surface area contributed by atoms with Gasteiger partial charge in [0.15, 0.2) is 0 Å². The molecule has 4 aliphatic rings. The highest BCUT2D eigenvalue weighted by atomic mass is 32.2. The van der Waals surface area contributed by atoms with E-state index in [9.17, 15) is 13.2 Å². The molecule has 0 amide bonds. The minimum Gasteiger partial charge on any atom is -0.299 e. The predicted octanol–water partition coefficient (Wildman–Crippen LogP) is 3.61. The molecule has 0 aromatic carbocycles. The van der Waals surface area contributed by atoms with Gasteiger partial charge in [-0.25, -0.2) is 8.42 Å². The van der Waals surface area contributed by atoms with Crippen molar-refractivity contribution in [2.24, 2.45) is 28.6 Å². The Balaban J connectivity index is 1.63. The maximum absolute atomic E-state index is 13.5. The molecule has 5 atom stereocenters. The molecule has 0 aromatic rings. The van der Waals surface area contributed by atoms with Crippen molar-refractivity contribution >= 4 is 15.8 Å². The first-order valence-electron chi connectivity index (χ1n) is 10.2. The SMILES string of the molecule is C[C@@H]1CCN(S(=O)(=O)C[C@@]23CC[C@@H](CC2=O)C3(C)C)[C@@H]2CCCC[C@H]12. The molecule has 0 spiro atoms. The van der Waals surface area contributed by atoms with Gasteiger partial charge in [0.05, 0.1) is 5.75 Å². The van der Waals surface area contributed by atoms with Crippen LogP contribution in [0.25, 0.3) is 0 Å². The second kappa shape index (κ2) is 5.79. The molecule has 4 fully saturated rings. The van der Waals surface area contributed by atoms with Crippen molar-refractivity contribution in [1.82, 2.24) is 4.31 Å². The van der Waals surface area contributed by atoms with E-state index >= 15 is 0 Å². The van der Waals surface area contributed by atoms with E-state index in [-0.39, 0.29) is 23.0 Å². The Hall–Kier alpha value is -0.420. The second-order valence-electron chi connectivity index (χ2n) is 9.82. The highest BCUT2D eigenvalue weighted by Crippen LogP contribution is 2.64. The number of fused-ring (bicyclic) bond motifs is 3. The highest BCUT2D eigenvalue weighted by molar-refractivity contribution is 7.89. The summed E-state index contributed by atoms with van der Waals surface area (Å²) in [5.74, 6) is 1.77. The highest BCUT2D eigenvalue weighted by Gasteiger charge is 2.66. The molecular formula is C20H33NO3S. The minimum absolute atomic E-state index is 0.0555. The van der Waals surface area contributed by atoms with Crippen LogP contribution in [0.15, 0.2) is 0 Å². The smallest absolute Gasteiger partial charge is 0.215 e. The molecule has 5 heteroatoms. The van der Waals surface area contributed by atoms with E-state index in [2.05, 4.69) is 20.8 Å². The Morgan fingerprint density at radius 1 is 1.12 bits per heavy atom. The molecule has 4 rings (SSSR count). The fourth-order valence-corrected chi connectivity index (χ4v) is 9.24. The molecule has 142 valence electrons. The lowest BCUT2D eigenvalue weighted by atomic mass is 9.70. The van der Waals surface area contributed by atoms with Crippen molar-refractivity contribution in [3.63, 3.8) is 0 Å². The summed E-state index contributed by atoms with van der Waals surface area (Å²) in [7, 11) is -3.40. The van der Waals surface area contributed by atoms with Gasteiger partial charge in [0, 0.05) is 24.4 Å². The minimum atomic E-state index is -3.40. The maximum Gasteiger partial charge on any atom is 0.215 e. The Morgan fingerprint density at radius 3 is 2.48 bits per heavy atom. The third-order valence-corrected chi connectivity index (χ3v) is 10.6. The van der Waals surface area contributed by atoms with Crippen molar-refractivity contribution in [3.8, 4) is 0 Å². The van der Waals surface area contributed by atoms with Crippen LogP contribution in [0.4, 0.5) is 0 Å². The first-order chi connectivity index (χ1) is 11.7. The van der Waals surface area contributed by atoms with E-state index in [1.54, 1.807) is 0 Å².